The topological polar surface area (TPSA) is 54.4 Å². The molecule has 0 amide bonds. The number of hydrogen-bond acceptors (Lipinski definition) is 4. The number of carbonyl (C=O) groups is 2. The summed E-state index contributed by atoms with van der Waals surface area (Å²) in [5.74, 6) is -0.959. The van der Waals surface area contributed by atoms with Gasteiger partial charge >= 0.3 is 5.97 Å². The fraction of sp³-hybridized carbons (Fsp3) is 0.111. The predicted molar refractivity (Wildman–Crippen MR) is 56.7 cm³/mol. The zero-order valence-corrected chi connectivity index (χ0v) is 8.87. The molecule has 0 saturated carbocycles. The standard InChI is InChI=1S/C9H6O3S2/c1-4(10)7-2-5-6(8(11)12)3-13-9(5)14-7/h2-3H,1H3,(H,11,12). The lowest BCUT2D eigenvalue weighted by atomic mass is 10.2. The molecule has 2 aromatic heterocycles. The van der Waals surface area contributed by atoms with Crippen LogP contribution >= 0.6 is 22.7 Å². The van der Waals surface area contributed by atoms with Gasteiger partial charge in [-0.2, -0.15) is 0 Å². The van der Waals surface area contributed by atoms with Gasteiger partial charge in [-0.1, -0.05) is 0 Å². The summed E-state index contributed by atoms with van der Waals surface area (Å²) in [6.07, 6.45) is 0. The average Bonchev–Trinajstić information content (AvgIpc) is 2.58. The lowest BCUT2D eigenvalue weighted by molar-refractivity contribution is 0.0699. The Bertz CT molecular complexity index is 521. The largest absolute Gasteiger partial charge is 0.478 e. The van der Waals surface area contributed by atoms with Crippen LogP contribution in [0.25, 0.3) is 9.40 Å². The molecule has 0 aliphatic rings. The van der Waals surface area contributed by atoms with Gasteiger partial charge in [0.05, 0.1) is 14.5 Å². The fourth-order valence-corrected chi connectivity index (χ4v) is 3.32. The van der Waals surface area contributed by atoms with Gasteiger partial charge in [0, 0.05) is 10.8 Å². The molecular formula is C9H6O3S2. The van der Waals surface area contributed by atoms with Gasteiger partial charge in [0.2, 0.25) is 0 Å². The van der Waals surface area contributed by atoms with Gasteiger partial charge in [-0.3, -0.25) is 4.79 Å². The number of carbonyl (C=O) groups excluding carboxylic acids is 1. The minimum absolute atomic E-state index is 0.0188. The van der Waals surface area contributed by atoms with Crippen molar-refractivity contribution in [2.45, 2.75) is 6.92 Å². The van der Waals surface area contributed by atoms with E-state index in [0.29, 0.717) is 10.3 Å². The Labute approximate surface area is 87.6 Å². The summed E-state index contributed by atoms with van der Waals surface area (Å²) in [6.45, 7) is 1.48. The molecule has 2 aromatic rings. The first-order chi connectivity index (χ1) is 6.59. The van der Waals surface area contributed by atoms with E-state index < -0.39 is 5.97 Å². The van der Waals surface area contributed by atoms with Crippen LogP contribution < -0.4 is 0 Å². The van der Waals surface area contributed by atoms with Crippen LogP contribution in [0.5, 0.6) is 0 Å². The highest BCUT2D eigenvalue weighted by molar-refractivity contribution is 7.38. The van der Waals surface area contributed by atoms with Crippen LogP contribution in [-0.2, 0) is 0 Å². The molecule has 5 heteroatoms. The number of hydrogen-bond donors (Lipinski definition) is 1. The second kappa shape index (κ2) is 3.18. The molecule has 0 aliphatic carbocycles. The van der Waals surface area contributed by atoms with Gasteiger partial charge < -0.3 is 5.11 Å². The van der Waals surface area contributed by atoms with Gasteiger partial charge in [0.15, 0.2) is 5.78 Å². The van der Waals surface area contributed by atoms with E-state index in [1.807, 2.05) is 0 Å². The molecule has 2 heterocycles. The Morgan fingerprint density at radius 3 is 2.71 bits per heavy atom. The van der Waals surface area contributed by atoms with Crippen LogP contribution in [0.15, 0.2) is 11.4 Å². The van der Waals surface area contributed by atoms with Crippen molar-refractivity contribution in [2.24, 2.45) is 0 Å². The van der Waals surface area contributed by atoms with E-state index in [4.69, 9.17) is 5.11 Å². The lowest BCUT2D eigenvalue weighted by Crippen LogP contribution is -1.92. The van der Waals surface area contributed by atoms with Crippen molar-refractivity contribution >= 4 is 43.8 Å². The van der Waals surface area contributed by atoms with Crippen LogP contribution in [0.1, 0.15) is 27.0 Å². The molecule has 1 N–H and O–H groups in total. The smallest absolute Gasteiger partial charge is 0.337 e. The lowest BCUT2D eigenvalue weighted by Gasteiger charge is -1.85. The Morgan fingerprint density at radius 1 is 1.43 bits per heavy atom. The molecule has 0 spiro atoms. The molecule has 0 unspecified atom stereocenters. The van der Waals surface area contributed by atoms with Crippen molar-refractivity contribution in [1.82, 2.24) is 0 Å². The fourth-order valence-electron chi connectivity index (χ4n) is 1.16. The second-order valence-electron chi connectivity index (χ2n) is 2.82. The van der Waals surface area contributed by atoms with Gasteiger partial charge in [-0.25, -0.2) is 4.79 Å². The summed E-state index contributed by atoms with van der Waals surface area (Å²) < 4.78 is 0.896. The van der Waals surface area contributed by atoms with Crippen LogP contribution in [0.4, 0.5) is 0 Å². The van der Waals surface area contributed by atoms with E-state index in [2.05, 4.69) is 0 Å². The third kappa shape index (κ3) is 1.34. The number of rotatable bonds is 2. The van der Waals surface area contributed by atoms with Crippen LogP contribution in [0, 0.1) is 0 Å². The number of fused-ring (bicyclic) bond motifs is 1. The maximum absolute atomic E-state index is 11.1. The van der Waals surface area contributed by atoms with E-state index in [-0.39, 0.29) is 11.3 Å². The number of ketones is 1. The minimum Gasteiger partial charge on any atom is -0.478 e. The molecule has 0 fully saturated rings. The van der Waals surface area contributed by atoms with Crippen molar-refractivity contribution in [2.75, 3.05) is 0 Å². The molecule has 0 atom stereocenters. The zero-order valence-electron chi connectivity index (χ0n) is 7.23. The van der Waals surface area contributed by atoms with E-state index in [9.17, 15) is 9.59 Å². The number of Topliss-reactive ketones (excluding diaryl/α,β-unsaturated/α-hetero) is 1. The summed E-state index contributed by atoms with van der Waals surface area (Å²) in [4.78, 5) is 22.5. The highest BCUT2D eigenvalue weighted by atomic mass is 32.2. The van der Waals surface area contributed by atoms with E-state index in [1.54, 1.807) is 11.4 Å². The van der Waals surface area contributed by atoms with Crippen LogP contribution in [0.3, 0.4) is 0 Å². The Balaban J connectivity index is 2.67. The molecular weight excluding hydrogens is 220 g/mol. The highest BCUT2D eigenvalue weighted by Crippen LogP contribution is 2.34. The van der Waals surface area contributed by atoms with Crippen molar-refractivity contribution in [1.29, 1.82) is 0 Å². The molecule has 2 rings (SSSR count). The van der Waals surface area contributed by atoms with Gasteiger partial charge in [0.1, 0.15) is 0 Å². The van der Waals surface area contributed by atoms with Crippen LogP contribution in [-0.4, -0.2) is 16.9 Å². The van der Waals surface area contributed by atoms with Gasteiger partial charge in [-0.15, -0.1) is 22.7 Å². The van der Waals surface area contributed by atoms with E-state index >= 15 is 0 Å². The SMILES string of the molecule is CC(=O)c1cc2c(C(=O)O)csc2s1. The summed E-state index contributed by atoms with van der Waals surface area (Å²) in [5, 5.41) is 11.1. The van der Waals surface area contributed by atoms with Crippen molar-refractivity contribution < 1.29 is 14.7 Å². The monoisotopic (exact) mass is 226 g/mol. The molecule has 72 valence electrons. The third-order valence-corrected chi connectivity index (χ3v) is 4.21. The number of aromatic carboxylic acids is 1. The number of carboxylic acids is 1. The summed E-state index contributed by atoms with van der Waals surface area (Å²) in [5.41, 5.74) is 0.286. The highest BCUT2D eigenvalue weighted by Gasteiger charge is 2.15. The first kappa shape index (κ1) is 9.36. The number of carboxylic acid groups (broad SMARTS) is 1. The molecule has 0 saturated heterocycles. The third-order valence-electron chi connectivity index (χ3n) is 1.85. The van der Waals surface area contributed by atoms with Gasteiger partial charge in [-0.05, 0) is 13.0 Å². The molecule has 0 radical (unpaired) electrons. The minimum atomic E-state index is -0.941. The predicted octanol–water partition coefficient (Wildman–Crippen LogP) is 2.86. The zero-order chi connectivity index (χ0) is 10.3. The maximum atomic E-state index is 11.1. The average molecular weight is 226 g/mol. The molecule has 0 aromatic carbocycles. The quantitative estimate of drug-likeness (QED) is 0.801. The maximum Gasteiger partial charge on any atom is 0.337 e. The molecule has 0 aliphatic heterocycles. The first-order valence-corrected chi connectivity index (χ1v) is 5.54. The van der Waals surface area contributed by atoms with Gasteiger partial charge in [0.25, 0.3) is 0 Å². The molecule has 3 nitrogen and oxygen atoms in total. The van der Waals surface area contributed by atoms with Crippen molar-refractivity contribution in [3.8, 4) is 0 Å². The Hall–Kier alpha value is -1.20. The Morgan fingerprint density at radius 2 is 2.14 bits per heavy atom. The Kier molecular flexibility index (Phi) is 2.13. The molecule has 0 bridgehead atoms. The summed E-state index contributed by atoms with van der Waals surface area (Å²) in [6, 6.07) is 1.66. The van der Waals surface area contributed by atoms with Crippen molar-refractivity contribution in [3.63, 3.8) is 0 Å². The summed E-state index contributed by atoms with van der Waals surface area (Å²) >= 11 is 2.72. The molecule has 14 heavy (non-hydrogen) atoms. The van der Waals surface area contributed by atoms with Crippen LogP contribution in [0.2, 0.25) is 0 Å². The van der Waals surface area contributed by atoms with E-state index in [0.717, 1.165) is 4.01 Å². The first-order valence-electron chi connectivity index (χ1n) is 3.85. The summed E-state index contributed by atoms with van der Waals surface area (Å²) in [7, 11) is 0. The van der Waals surface area contributed by atoms with E-state index in [1.165, 1.54) is 29.6 Å². The number of thiophene rings is 2. The van der Waals surface area contributed by atoms with Crippen molar-refractivity contribution in [3.05, 3.63) is 21.9 Å². The second-order valence-corrected chi connectivity index (χ2v) is 5.01. The normalized spacial score (nSPS) is 10.6.